The monoisotopic (exact) mass is 451 g/mol. The van der Waals surface area contributed by atoms with E-state index in [1.165, 1.54) is 6.07 Å². The van der Waals surface area contributed by atoms with Gasteiger partial charge >= 0.3 is 12.3 Å². The number of aromatic amines is 1. The molecule has 2 aromatic rings. The molecule has 0 bridgehead atoms. The van der Waals surface area contributed by atoms with E-state index in [1.54, 1.807) is 11.0 Å². The molecule has 3 aliphatic rings. The van der Waals surface area contributed by atoms with Crippen LogP contribution in [0.3, 0.4) is 0 Å². The molecule has 2 unspecified atom stereocenters. The number of rotatable bonds is 4. The highest BCUT2D eigenvalue weighted by molar-refractivity contribution is 5.85. The maximum Gasteiger partial charge on any atom is 0.416 e. The number of aromatic nitrogens is 1. The fraction of sp³-hybridized carbons (Fsp3) is 0.625. The fourth-order valence-electron chi connectivity index (χ4n) is 5.38. The number of carbonyl (C=O) groups excluding carboxylic acids is 1. The van der Waals surface area contributed by atoms with Gasteiger partial charge in [-0.2, -0.15) is 13.2 Å². The van der Waals surface area contributed by atoms with Gasteiger partial charge in [0.2, 0.25) is 0 Å². The molecule has 32 heavy (non-hydrogen) atoms. The van der Waals surface area contributed by atoms with Crippen LogP contribution in [0.5, 0.6) is 0 Å². The molecule has 2 aliphatic heterocycles. The molecule has 5 nitrogen and oxygen atoms in total. The normalized spacial score (nSPS) is 23.4. The molecule has 2 fully saturated rings. The first-order valence-electron chi connectivity index (χ1n) is 11.7. The van der Waals surface area contributed by atoms with E-state index in [0.717, 1.165) is 80.1 Å². The number of nitrogens with zero attached hydrogens (tertiary/aromatic N) is 2. The quantitative estimate of drug-likeness (QED) is 0.704. The number of ether oxygens (including phenoxy) is 1. The molecule has 5 rings (SSSR count). The van der Waals surface area contributed by atoms with E-state index < -0.39 is 11.7 Å². The van der Waals surface area contributed by atoms with Gasteiger partial charge in [0.1, 0.15) is 6.61 Å². The van der Waals surface area contributed by atoms with Crippen LogP contribution < -0.4 is 0 Å². The van der Waals surface area contributed by atoms with Crippen molar-refractivity contribution < 1.29 is 22.7 Å². The van der Waals surface area contributed by atoms with Gasteiger partial charge in [-0.15, -0.1) is 0 Å². The highest BCUT2D eigenvalue weighted by Crippen LogP contribution is 2.40. The van der Waals surface area contributed by atoms with E-state index in [0.29, 0.717) is 25.0 Å². The Bertz CT molecular complexity index is 956. The summed E-state index contributed by atoms with van der Waals surface area (Å²) < 4.78 is 44.5. The van der Waals surface area contributed by atoms with E-state index in [2.05, 4.69) is 9.88 Å². The van der Waals surface area contributed by atoms with Crippen molar-refractivity contribution in [1.82, 2.24) is 14.8 Å². The minimum absolute atomic E-state index is 0.217. The average molecular weight is 452 g/mol. The van der Waals surface area contributed by atoms with Crippen molar-refractivity contribution in [3.63, 3.8) is 0 Å². The lowest BCUT2D eigenvalue weighted by atomic mass is 9.74. The summed E-state index contributed by atoms with van der Waals surface area (Å²) in [4.78, 5) is 19.1. The second-order valence-corrected chi connectivity index (χ2v) is 8.81. The topological polar surface area (TPSA) is 48.6 Å². The van der Waals surface area contributed by atoms with Gasteiger partial charge < -0.3 is 19.5 Å². The second-order valence-electron chi connectivity index (χ2n) is 8.81. The van der Waals surface area contributed by atoms with Crippen molar-refractivity contribution in [3.8, 4) is 0 Å². The summed E-state index contributed by atoms with van der Waals surface area (Å²) in [5.41, 5.74) is 2.41. The Morgan fingerprint density at radius 3 is 2.66 bits per heavy atom. The van der Waals surface area contributed by atoms with Gasteiger partial charge in [0, 0.05) is 29.7 Å². The highest BCUT2D eigenvalue weighted by atomic mass is 19.4. The van der Waals surface area contributed by atoms with Gasteiger partial charge in [-0.3, -0.25) is 0 Å². The highest BCUT2D eigenvalue weighted by Gasteiger charge is 2.36. The Kier molecular flexibility index (Phi) is 6.70. The molecule has 0 spiro atoms. The summed E-state index contributed by atoms with van der Waals surface area (Å²) in [5, 5.41) is 0.725. The number of halogens is 3. The summed E-state index contributed by atoms with van der Waals surface area (Å²) in [7, 11) is 0. The van der Waals surface area contributed by atoms with Crippen molar-refractivity contribution in [2.45, 2.75) is 45.7 Å². The maximum atomic E-state index is 13.2. The zero-order chi connectivity index (χ0) is 22.9. The third kappa shape index (κ3) is 4.60. The molecule has 1 aromatic heterocycles. The van der Waals surface area contributed by atoms with Gasteiger partial charge in [-0.05, 0) is 74.4 Å². The van der Waals surface area contributed by atoms with Gasteiger partial charge in [0.15, 0.2) is 0 Å². The van der Waals surface area contributed by atoms with Crippen molar-refractivity contribution in [3.05, 3.63) is 35.0 Å². The van der Waals surface area contributed by atoms with E-state index >= 15 is 0 Å². The molecule has 1 aliphatic carbocycles. The molecule has 176 valence electrons. The van der Waals surface area contributed by atoms with E-state index in [9.17, 15) is 18.0 Å². The van der Waals surface area contributed by atoms with Crippen molar-refractivity contribution in [1.29, 1.82) is 0 Å². The Balaban J connectivity index is 0.00000119. The Morgan fingerprint density at radius 1 is 1.12 bits per heavy atom. The number of H-pyrrole nitrogens is 1. The van der Waals surface area contributed by atoms with Crippen molar-refractivity contribution in [2.75, 3.05) is 39.3 Å². The number of cyclic esters (lactones) is 1. The molecule has 3 heterocycles. The van der Waals surface area contributed by atoms with Gasteiger partial charge in [-0.1, -0.05) is 13.8 Å². The maximum absolute atomic E-state index is 13.2. The molecule has 1 aromatic carbocycles. The third-order valence-corrected chi connectivity index (χ3v) is 6.98. The molecule has 2 atom stereocenters. The molecular formula is C24H32F3N3O2. The number of amides is 1. The lowest BCUT2D eigenvalue weighted by Gasteiger charge is -2.41. The summed E-state index contributed by atoms with van der Waals surface area (Å²) in [6.07, 6.45) is -0.761. The SMILES string of the molecule is CC.O=C1OCCN1CCCN1CCC2Cc3[nH]c4ccc(C(F)(F)F)cc4c3CC2C1. The smallest absolute Gasteiger partial charge is 0.416 e. The van der Waals surface area contributed by atoms with Crippen LogP contribution >= 0.6 is 0 Å². The predicted octanol–water partition coefficient (Wildman–Crippen LogP) is 5.09. The summed E-state index contributed by atoms with van der Waals surface area (Å²) in [6, 6.07) is 4.03. The molecule has 0 radical (unpaired) electrons. The zero-order valence-corrected chi connectivity index (χ0v) is 18.8. The van der Waals surface area contributed by atoms with E-state index in [4.69, 9.17) is 4.74 Å². The summed E-state index contributed by atoms with van der Waals surface area (Å²) in [5.74, 6) is 1.05. The molecule has 1 amide bonds. The van der Waals surface area contributed by atoms with Crippen LogP contribution in [0, 0.1) is 11.8 Å². The standard InChI is InChI=1S/C22H26F3N3O2.C2H6/c23-22(24,25)16-2-3-19-18(12-16)17-10-15-13-27(7-4-14(15)11-20(17)26-19)5-1-6-28-8-9-30-21(28)29;1-2/h2-3,12,14-15,26H,1,4-11,13H2;1-2H3. The number of nitrogens with one attached hydrogen (secondary N) is 1. The number of hydrogen-bond acceptors (Lipinski definition) is 3. The first-order chi connectivity index (χ1) is 15.4. The fourth-order valence-corrected chi connectivity index (χ4v) is 5.38. The van der Waals surface area contributed by atoms with Crippen molar-refractivity contribution in [2.24, 2.45) is 11.8 Å². The average Bonchev–Trinajstić information content (AvgIpc) is 3.35. The van der Waals surface area contributed by atoms with Crippen LogP contribution in [0.2, 0.25) is 0 Å². The van der Waals surface area contributed by atoms with Crippen LogP contribution in [0.25, 0.3) is 10.9 Å². The Hall–Kier alpha value is -2.22. The number of benzene rings is 1. The van der Waals surface area contributed by atoms with Crippen molar-refractivity contribution >= 4 is 17.0 Å². The summed E-state index contributed by atoms with van der Waals surface area (Å²) in [6.45, 7) is 8.82. The Morgan fingerprint density at radius 2 is 1.94 bits per heavy atom. The summed E-state index contributed by atoms with van der Waals surface area (Å²) >= 11 is 0. The third-order valence-electron chi connectivity index (χ3n) is 6.98. The molecule has 2 saturated heterocycles. The number of likely N-dealkylation sites (tertiary alicyclic amines) is 1. The van der Waals surface area contributed by atoms with Crippen LogP contribution in [0.15, 0.2) is 18.2 Å². The zero-order valence-electron chi connectivity index (χ0n) is 18.8. The lowest BCUT2D eigenvalue weighted by molar-refractivity contribution is -0.137. The second kappa shape index (κ2) is 9.33. The van der Waals surface area contributed by atoms with E-state index in [1.807, 2.05) is 13.8 Å². The van der Waals surface area contributed by atoms with Crippen LogP contribution in [0.4, 0.5) is 18.0 Å². The Labute approximate surface area is 186 Å². The van der Waals surface area contributed by atoms with Crippen LogP contribution in [-0.4, -0.2) is 60.2 Å². The van der Waals surface area contributed by atoms with Crippen LogP contribution in [0.1, 0.15) is 43.5 Å². The molecule has 0 saturated carbocycles. The van der Waals surface area contributed by atoms with Crippen LogP contribution in [-0.2, 0) is 23.8 Å². The first kappa shape index (κ1) is 23.0. The van der Waals surface area contributed by atoms with E-state index in [-0.39, 0.29) is 6.09 Å². The number of carbonyl (C=O) groups is 1. The van der Waals surface area contributed by atoms with Gasteiger partial charge in [0.25, 0.3) is 0 Å². The minimum Gasteiger partial charge on any atom is -0.448 e. The largest absolute Gasteiger partial charge is 0.448 e. The minimum atomic E-state index is -4.32. The molecule has 8 heteroatoms. The molecule has 1 N–H and O–H groups in total. The number of piperidine rings is 1. The number of hydrogen-bond donors (Lipinski definition) is 1. The molecular weight excluding hydrogens is 419 g/mol. The number of fused-ring (bicyclic) bond motifs is 4. The number of alkyl halides is 3. The first-order valence-corrected chi connectivity index (χ1v) is 11.7. The lowest BCUT2D eigenvalue weighted by Crippen LogP contribution is -2.44. The predicted molar refractivity (Wildman–Crippen MR) is 118 cm³/mol. The van der Waals surface area contributed by atoms with Gasteiger partial charge in [-0.25, -0.2) is 4.79 Å². The van der Waals surface area contributed by atoms with Gasteiger partial charge in [0.05, 0.1) is 12.1 Å².